The predicted octanol–water partition coefficient (Wildman–Crippen LogP) is 3.30. The quantitative estimate of drug-likeness (QED) is 0.880. The molecule has 2 aromatic rings. The van der Waals surface area contributed by atoms with E-state index in [4.69, 9.17) is 17.3 Å². The fourth-order valence-electron chi connectivity index (χ4n) is 1.75. The summed E-state index contributed by atoms with van der Waals surface area (Å²) >= 11 is 7.59. The van der Waals surface area contributed by atoms with Crippen LogP contribution in [0.5, 0.6) is 0 Å². The van der Waals surface area contributed by atoms with E-state index in [1.807, 2.05) is 11.4 Å². The first-order valence-electron chi connectivity index (χ1n) is 5.91. The first-order valence-corrected chi connectivity index (χ1v) is 7.16. The lowest BCUT2D eigenvalue weighted by Gasteiger charge is -2.18. The molecule has 1 heterocycles. The summed E-state index contributed by atoms with van der Waals surface area (Å²) in [6.07, 6.45) is 0.848. The zero-order valence-electron chi connectivity index (χ0n) is 10.6. The highest BCUT2D eigenvalue weighted by atomic mass is 35.5. The average Bonchev–Trinajstić information content (AvgIpc) is 2.91. The Labute approximate surface area is 121 Å². The van der Waals surface area contributed by atoms with E-state index >= 15 is 0 Å². The van der Waals surface area contributed by atoms with Crippen molar-refractivity contribution in [3.05, 3.63) is 51.2 Å². The molecule has 1 aromatic heterocycles. The topological polar surface area (TPSA) is 46.3 Å². The Kier molecular flexibility index (Phi) is 4.45. The molecule has 2 rings (SSSR count). The number of hydrogen-bond acceptors (Lipinski definition) is 3. The lowest BCUT2D eigenvalue weighted by Crippen LogP contribution is -2.29. The summed E-state index contributed by atoms with van der Waals surface area (Å²) in [5.41, 5.74) is 6.73. The molecular weight excluding hydrogens is 280 g/mol. The second-order valence-corrected chi connectivity index (χ2v) is 5.76. The standard InChI is InChI=1S/C14H15ClN2OS/c1-17(7-6-11-3-2-8-19-11)14(18)12-9-10(15)4-5-13(12)16/h2-5,8-9H,6-7,16H2,1H3. The van der Waals surface area contributed by atoms with Crippen LogP contribution in [0.25, 0.3) is 0 Å². The summed E-state index contributed by atoms with van der Waals surface area (Å²) in [6.45, 7) is 0.658. The zero-order valence-corrected chi connectivity index (χ0v) is 12.2. The molecule has 100 valence electrons. The van der Waals surface area contributed by atoms with Crippen LogP contribution in [-0.4, -0.2) is 24.4 Å². The van der Waals surface area contributed by atoms with E-state index in [1.165, 1.54) is 4.88 Å². The van der Waals surface area contributed by atoms with E-state index in [1.54, 1.807) is 41.5 Å². The summed E-state index contributed by atoms with van der Waals surface area (Å²) < 4.78 is 0. The van der Waals surface area contributed by atoms with Crippen LogP contribution in [0.15, 0.2) is 35.7 Å². The van der Waals surface area contributed by atoms with Crippen molar-refractivity contribution in [3.63, 3.8) is 0 Å². The molecule has 0 saturated carbocycles. The SMILES string of the molecule is CN(CCc1cccs1)C(=O)c1cc(Cl)ccc1N. The molecule has 0 aliphatic carbocycles. The monoisotopic (exact) mass is 294 g/mol. The minimum absolute atomic E-state index is 0.100. The van der Waals surface area contributed by atoms with Gasteiger partial charge in [-0.2, -0.15) is 0 Å². The third-order valence-corrected chi connectivity index (χ3v) is 4.04. The molecule has 0 saturated heterocycles. The number of nitrogens with zero attached hydrogens (tertiary/aromatic N) is 1. The van der Waals surface area contributed by atoms with Crippen molar-refractivity contribution in [1.82, 2.24) is 4.90 Å². The van der Waals surface area contributed by atoms with Gasteiger partial charge in [0.1, 0.15) is 0 Å². The van der Waals surface area contributed by atoms with Crippen LogP contribution >= 0.6 is 22.9 Å². The smallest absolute Gasteiger partial charge is 0.255 e. The summed E-state index contributed by atoms with van der Waals surface area (Å²) in [6, 6.07) is 9.02. The van der Waals surface area contributed by atoms with E-state index in [2.05, 4.69) is 6.07 Å². The predicted molar refractivity (Wildman–Crippen MR) is 80.8 cm³/mol. The lowest BCUT2D eigenvalue weighted by atomic mass is 10.1. The van der Waals surface area contributed by atoms with Gasteiger partial charge in [0, 0.05) is 29.2 Å². The largest absolute Gasteiger partial charge is 0.398 e. The Morgan fingerprint density at radius 3 is 2.89 bits per heavy atom. The summed E-state index contributed by atoms with van der Waals surface area (Å²) in [7, 11) is 1.77. The van der Waals surface area contributed by atoms with E-state index in [0.29, 0.717) is 22.8 Å². The van der Waals surface area contributed by atoms with Crippen LogP contribution in [0.1, 0.15) is 15.2 Å². The molecule has 5 heteroatoms. The first-order chi connectivity index (χ1) is 9.08. The van der Waals surface area contributed by atoms with Gasteiger partial charge < -0.3 is 10.6 Å². The molecule has 2 N–H and O–H groups in total. The van der Waals surface area contributed by atoms with Gasteiger partial charge in [0.2, 0.25) is 0 Å². The number of rotatable bonds is 4. The normalized spacial score (nSPS) is 10.4. The second-order valence-electron chi connectivity index (χ2n) is 4.29. The van der Waals surface area contributed by atoms with E-state index in [0.717, 1.165) is 6.42 Å². The van der Waals surface area contributed by atoms with Crippen LogP contribution in [0, 0.1) is 0 Å². The van der Waals surface area contributed by atoms with Crippen LogP contribution < -0.4 is 5.73 Å². The Balaban J connectivity index is 2.04. The van der Waals surface area contributed by atoms with Crippen molar-refractivity contribution in [2.75, 3.05) is 19.3 Å². The number of carbonyl (C=O) groups is 1. The van der Waals surface area contributed by atoms with Gasteiger partial charge in [-0.25, -0.2) is 0 Å². The van der Waals surface area contributed by atoms with Crippen molar-refractivity contribution >= 4 is 34.5 Å². The van der Waals surface area contributed by atoms with Crippen molar-refractivity contribution in [2.45, 2.75) is 6.42 Å². The number of amides is 1. The molecule has 0 radical (unpaired) electrons. The van der Waals surface area contributed by atoms with Crippen LogP contribution in [0.2, 0.25) is 5.02 Å². The van der Waals surface area contributed by atoms with Gasteiger partial charge in [-0.15, -0.1) is 11.3 Å². The number of halogens is 1. The van der Waals surface area contributed by atoms with Crippen LogP contribution in [0.3, 0.4) is 0 Å². The molecular formula is C14H15ClN2OS. The van der Waals surface area contributed by atoms with Crippen molar-refractivity contribution < 1.29 is 4.79 Å². The lowest BCUT2D eigenvalue weighted by molar-refractivity contribution is 0.0798. The average molecular weight is 295 g/mol. The maximum Gasteiger partial charge on any atom is 0.255 e. The fourth-order valence-corrected chi connectivity index (χ4v) is 2.62. The Morgan fingerprint density at radius 1 is 1.42 bits per heavy atom. The fraction of sp³-hybridized carbons (Fsp3) is 0.214. The molecule has 0 atom stereocenters. The second kappa shape index (κ2) is 6.08. The van der Waals surface area contributed by atoms with Crippen molar-refractivity contribution in [2.24, 2.45) is 0 Å². The molecule has 1 amide bonds. The molecule has 0 bridgehead atoms. The van der Waals surface area contributed by atoms with E-state index in [9.17, 15) is 4.79 Å². The van der Waals surface area contributed by atoms with Gasteiger partial charge in [-0.3, -0.25) is 4.79 Å². The molecule has 0 aliphatic rings. The molecule has 0 aliphatic heterocycles. The minimum atomic E-state index is -0.100. The van der Waals surface area contributed by atoms with E-state index in [-0.39, 0.29) is 5.91 Å². The highest BCUT2D eigenvalue weighted by Crippen LogP contribution is 2.19. The Bertz CT molecular complexity index is 569. The zero-order chi connectivity index (χ0) is 13.8. The minimum Gasteiger partial charge on any atom is -0.398 e. The third-order valence-electron chi connectivity index (χ3n) is 2.87. The summed E-state index contributed by atoms with van der Waals surface area (Å²) in [5, 5.41) is 2.55. The number of anilines is 1. The van der Waals surface area contributed by atoms with Gasteiger partial charge in [0.05, 0.1) is 5.56 Å². The number of carbonyl (C=O) groups excluding carboxylic acids is 1. The van der Waals surface area contributed by atoms with Crippen LogP contribution in [-0.2, 0) is 6.42 Å². The molecule has 1 aromatic carbocycles. The van der Waals surface area contributed by atoms with Gasteiger partial charge in [0.15, 0.2) is 0 Å². The summed E-state index contributed by atoms with van der Waals surface area (Å²) in [5.74, 6) is -0.100. The molecule has 19 heavy (non-hydrogen) atoms. The van der Waals surface area contributed by atoms with Gasteiger partial charge in [0.25, 0.3) is 5.91 Å². The molecule has 0 unspecified atom stereocenters. The number of thiophene rings is 1. The van der Waals surface area contributed by atoms with Gasteiger partial charge >= 0.3 is 0 Å². The maximum atomic E-state index is 12.3. The molecule has 3 nitrogen and oxygen atoms in total. The molecule has 0 fully saturated rings. The number of likely N-dealkylation sites (N-methyl/N-ethyl adjacent to an activating group) is 1. The number of nitrogen functional groups attached to an aromatic ring is 1. The highest BCUT2D eigenvalue weighted by molar-refractivity contribution is 7.09. The van der Waals surface area contributed by atoms with Crippen molar-refractivity contribution in [3.8, 4) is 0 Å². The number of benzene rings is 1. The molecule has 0 spiro atoms. The summed E-state index contributed by atoms with van der Waals surface area (Å²) in [4.78, 5) is 15.2. The highest BCUT2D eigenvalue weighted by Gasteiger charge is 2.15. The third kappa shape index (κ3) is 3.49. The van der Waals surface area contributed by atoms with Crippen LogP contribution in [0.4, 0.5) is 5.69 Å². The number of nitrogens with two attached hydrogens (primary N) is 1. The Morgan fingerprint density at radius 2 is 2.21 bits per heavy atom. The number of hydrogen-bond donors (Lipinski definition) is 1. The first kappa shape index (κ1) is 13.9. The van der Waals surface area contributed by atoms with Gasteiger partial charge in [-0.05, 0) is 36.1 Å². The Hall–Kier alpha value is -1.52. The maximum absolute atomic E-state index is 12.3. The van der Waals surface area contributed by atoms with Crippen molar-refractivity contribution in [1.29, 1.82) is 0 Å². The van der Waals surface area contributed by atoms with E-state index < -0.39 is 0 Å². The van der Waals surface area contributed by atoms with Gasteiger partial charge in [-0.1, -0.05) is 17.7 Å².